The lowest BCUT2D eigenvalue weighted by atomic mass is 10.0. The van der Waals surface area contributed by atoms with Crippen LogP contribution in [0.15, 0.2) is 12.1 Å². The molecule has 0 aliphatic rings. The van der Waals surface area contributed by atoms with E-state index in [9.17, 15) is 5.11 Å². The van der Waals surface area contributed by atoms with Crippen molar-refractivity contribution in [2.24, 2.45) is 0 Å². The van der Waals surface area contributed by atoms with Crippen LogP contribution in [-0.4, -0.2) is 39.6 Å². The van der Waals surface area contributed by atoms with Crippen LogP contribution in [-0.2, 0) is 4.74 Å². The second kappa shape index (κ2) is 6.47. The van der Waals surface area contributed by atoms with Crippen LogP contribution in [0.25, 0.3) is 0 Å². The van der Waals surface area contributed by atoms with Crippen molar-refractivity contribution >= 4 is 0 Å². The monoisotopic (exact) mass is 256 g/mol. The normalized spacial score (nSPS) is 13.9. The average Bonchev–Trinajstić information content (AvgIpc) is 2.38. The first-order valence-electron chi connectivity index (χ1n) is 5.59. The highest BCUT2D eigenvalue weighted by molar-refractivity contribution is 5.51. The number of methoxy groups -OCH3 is 4. The number of aliphatic hydroxyl groups excluding tert-OH is 1. The molecule has 0 fully saturated rings. The maximum atomic E-state index is 9.72. The first kappa shape index (κ1) is 14.6. The summed E-state index contributed by atoms with van der Waals surface area (Å²) < 4.78 is 21.0. The SMILES string of the molecule is COc1cc(OC)c([C@@H](OC)[C@H](C)O)cc1OC. The number of benzene rings is 1. The van der Waals surface area contributed by atoms with E-state index in [1.54, 1.807) is 40.4 Å². The van der Waals surface area contributed by atoms with Crippen LogP contribution in [0.2, 0.25) is 0 Å². The predicted octanol–water partition coefficient (Wildman–Crippen LogP) is 1.78. The largest absolute Gasteiger partial charge is 0.496 e. The summed E-state index contributed by atoms with van der Waals surface area (Å²) in [6.45, 7) is 1.66. The van der Waals surface area contributed by atoms with E-state index >= 15 is 0 Å². The third-order valence-corrected chi connectivity index (χ3v) is 2.73. The molecule has 0 unspecified atom stereocenters. The van der Waals surface area contributed by atoms with Crippen LogP contribution >= 0.6 is 0 Å². The fourth-order valence-electron chi connectivity index (χ4n) is 1.86. The standard InChI is InChI=1S/C13H20O5/c1-8(14)13(18-5)9-6-11(16-3)12(17-4)7-10(9)15-2/h6-8,13-14H,1-5H3/t8-,13-/m0/s1. The smallest absolute Gasteiger partial charge is 0.164 e. The van der Waals surface area contributed by atoms with E-state index < -0.39 is 12.2 Å². The van der Waals surface area contributed by atoms with Crippen LogP contribution in [0, 0.1) is 0 Å². The molecule has 5 nitrogen and oxygen atoms in total. The predicted molar refractivity (Wildman–Crippen MR) is 67.5 cm³/mol. The van der Waals surface area contributed by atoms with Crippen LogP contribution in [0.3, 0.4) is 0 Å². The maximum absolute atomic E-state index is 9.72. The Bertz CT molecular complexity index is 389. The molecule has 18 heavy (non-hydrogen) atoms. The van der Waals surface area contributed by atoms with Gasteiger partial charge in [-0.3, -0.25) is 0 Å². The Kier molecular flexibility index (Phi) is 5.25. The Hall–Kier alpha value is -1.46. The van der Waals surface area contributed by atoms with Crippen molar-refractivity contribution in [3.05, 3.63) is 17.7 Å². The molecule has 0 amide bonds. The van der Waals surface area contributed by atoms with Crippen molar-refractivity contribution in [3.63, 3.8) is 0 Å². The Morgan fingerprint density at radius 1 is 0.889 bits per heavy atom. The zero-order chi connectivity index (χ0) is 13.7. The Morgan fingerprint density at radius 2 is 1.39 bits per heavy atom. The molecule has 0 saturated carbocycles. The lowest BCUT2D eigenvalue weighted by molar-refractivity contribution is -0.00488. The summed E-state index contributed by atoms with van der Waals surface area (Å²) in [5.41, 5.74) is 0.715. The first-order chi connectivity index (χ1) is 8.58. The van der Waals surface area contributed by atoms with Gasteiger partial charge in [0, 0.05) is 18.7 Å². The van der Waals surface area contributed by atoms with Gasteiger partial charge in [0.05, 0.1) is 27.4 Å². The van der Waals surface area contributed by atoms with E-state index in [2.05, 4.69) is 0 Å². The van der Waals surface area contributed by atoms with Gasteiger partial charge < -0.3 is 24.1 Å². The van der Waals surface area contributed by atoms with E-state index in [0.717, 1.165) is 0 Å². The van der Waals surface area contributed by atoms with Crippen molar-refractivity contribution in [2.75, 3.05) is 28.4 Å². The van der Waals surface area contributed by atoms with E-state index in [1.807, 2.05) is 0 Å². The van der Waals surface area contributed by atoms with Gasteiger partial charge in [0.1, 0.15) is 11.9 Å². The highest BCUT2D eigenvalue weighted by Crippen LogP contribution is 2.39. The van der Waals surface area contributed by atoms with E-state index in [4.69, 9.17) is 18.9 Å². The molecule has 0 aromatic heterocycles. The fourth-order valence-corrected chi connectivity index (χ4v) is 1.86. The lowest BCUT2D eigenvalue weighted by Gasteiger charge is -2.22. The summed E-state index contributed by atoms with van der Waals surface area (Å²) in [5.74, 6) is 1.72. The van der Waals surface area contributed by atoms with Gasteiger partial charge >= 0.3 is 0 Å². The Balaban J connectivity index is 3.32. The molecule has 0 heterocycles. The minimum absolute atomic E-state index is 0.486. The summed E-state index contributed by atoms with van der Waals surface area (Å²) >= 11 is 0. The van der Waals surface area contributed by atoms with E-state index in [1.165, 1.54) is 7.11 Å². The molecular weight excluding hydrogens is 236 g/mol. The minimum atomic E-state index is -0.665. The molecule has 0 saturated heterocycles. The molecule has 1 rings (SSSR count). The van der Waals surface area contributed by atoms with Gasteiger partial charge in [0.25, 0.3) is 0 Å². The van der Waals surface area contributed by atoms with Crippen molar-refractivity contribution in [1.82, 2.24) is 0 Å². The molecule has 5 heteroatoms. The zero-order valence-electron chi connectivity index (χ0n) is 11.4. The van der Waals surface area contributed by atoms with Gasteiger partial charge in [0.15, 0.2) is 11.5 Å². The zero-order valence-corrected chi connectivity index (χ0v) is 11.4. The molecule has 0 aliphatic carbocycles. The Labute approximate surface area is 107 Å². The van der Waals surface area contributed by atoms with Gasteiger partial charge in [-0.15, -0.1) is 0 Å². The first-order valence-corrected chi connectivity index (χ1v) is 5.59. The van der Waals surface area contributed by atoms with Gasteiger partial charge in [-0.2, -0.15) is 0 Å². The van der Waals surface area contributed by atoms with Gasteiger partial charge in [0.2, 0.25) is 0 Å². The molecule has 1 N–H and O–H groups in total. The summed E-state index contributed by atoms with van der Waals surface area (Å²) in [6, 6.07) is 3.46. The second-order valence-corrected chi connectivity index (χ2v) is 3.85. The quantitative estimate of drug-likeness (QED) is 0.840. The van der Waals surface area contributed by atoms with Crippen molar-refractivity contribution in [3.8, 4) is 17.2 Å². The fraction of sp³-hybridized carbons (Fsp3) is 0.538. The number of rotatable bonds is 6. The molecule has 102 valence electrons. The third kappa shape index (κ3) is 2.86. The molecule has 0 spiro atoms. The van der Waals surface area contributed by atoms with Gasteiger partial charge in [-0.05, 0) is 13.0 Å². The number of aliphatic hydroxyl groups is 1. The highest BCUT2D eigenvalue weighted by atomic mass is 16.5. The Morgan fingerprint density at radius 3 is 1.78 bits per heavy atom. The highest BCUT2D eigenvalue weighted by Gasteiger charge is 2.23. The molecule has 1 aromatic carbocycles. The number of hydrogen-bond acceptors (Lipinski definition) is 5. The second-order valence-electron chi connectivity index (χ2n) is 3.85. The van der Waals surface area contributed by atoms with E-state index in [-0.39, 0.29) is 0 Å². The molecule has 0 aliphatic heterocycles. The topological polar surface area (TPSA) is 57.2 Å². The molecule has 0 bridgehead atoms. The third-order valence-electron chi connectivity index (χ3n) is 2.73. The van der Waals surface area contributed by atoms with Crippen molar-refractivity contribution < 1.29 is 24.1 Å². The number of ether oxygens (including phenoxy) is 4. The minimum Gasteiger partial charge on any atom is -0.496 e. The molecular formula is C13H20O5. The van der Waals surface area contributed by atoms with Crippen molar-refractivity contribution in [2.45, 2.75) is 19.1 Å². The summed E-state index contributed by atoms with van der Waals surface area (Å²) in [6.07, 6.45) is -1.15. The average molecular weight is 256 g/mol. The van der Waals surface area contributed by atoms with Crippen LogP contribution in [0.4, 0.5) is 0 Å². The lowest BCUT2D eigenvalue weighted by Crippen LogP contribution is -2.17. The summed E-state index contributed by atoms with van der Waals surface area (Å²) in [7, 11) is 6.20. The van der Waals surface area contributed by atoms with Gasteiger partial charge in [-0.1, -0.05) is 0 Å². The summed E-state index contributed by atoms with van der Waals surface area (Å²) in [4.78, 5) is 0. The maximum Gasteiger partial charge on any atom is 0.164 e. The molecule has 0 radical (unpaired) electrons. The van der Waals surface area contributed by atoms with Crippen LogP contribution in [0.5, 0.6) is 17.2 Å². The van der Waals surface area contributed by atoms with Crippen LogP contribution < -0.4 is 14.2 Å². The summed E-state index contributed by atoms with van der Waals surface area (Å²) in [5, 5.41) is 9.72. The molecule has 2 atom stereocenters. The van der Waals surface area contributed by atoms with Gasteiger partial charge in [-0.25, -0.2) is 0 Å². The molecule has 1 aromatic rings. The number of hydrogen-bond donors (Lipinski definition) is 1. The van der Waals surface area contributed by atoms with Crippen molar-refractivity contribution in [1.29, 1.82) is 0 Å². The van der Waals surface area contributed by atoms with Crippen LogP contribution in [0.1, 0.15) is 18.6 Å². The van der Waals surface area contributed by atoms with E-state index in [0.29, 0.717) is 22.8 Å².